The average molecular weight is 370 g/mol. The van der Waals surface area contributed by atoms with Crippen LogP contribution < -0.4 is 5.32 Å². The van der Waals surface area contributed by atoms with Gasteiger partial charge >= 0.3 is 0 Å². The van der Waals surface area contributed by atoms with Gasteiger partial charge in [-0.3, -0.25) is 4.79 Å². The molecule has 0 atom stereocenters. The fourth-order valence-electron chi connectivity index (χ4n) is 4.58. The first-order valence-electron chi connectivity index (χ1n) is 10.1. The number of aromatic nitrogens is 3. The zero-order valence-electron chi connectivity index (χ0n) is 15.7. The number of rotatable bonds is 5. The van der Waals surface area contributed by atoms with Crippen LogP contribution in [-0.4, -0.2) is 27.2 Å². The lowest BCUT2D eigenvalue weighted by Crippen LogP contribution is -2.43. The third-order valence-electron chi connectivity index (χ3n) is 6.11. The molecule has 2 heterocycles. The van der Waals surface area contributed by atoms with E-state index in [0.29, 0.717) is 13.0 Å². The van der Waals surface area contributed by atoms with Crippen molar-refractivity contribution in [3.8, 4) is 0 Å². The van der Waals surface area contributed by atoms with E-state index in [9.17, 15) is 9.18 Å². The smallest absolute Gasteiger partial charge is 0.230 e. The van der Waals surface area contributed by atoms with E-state index in [0.717, 1.165) is 62.3 Å². The first-order chi connectivity index (χ1) is 13.2. The van der Waals surface area contributed by atoms with Crippen molar-refractivity contribution in [1.82, 2.24) is 20.1 Å². The van der Waals surface area contributed by atoms with Gasteiger partial charge in [0.25, 0.3) is 0 Å². The van der Waals surface area contributed by atoms with Gasteiger partial charge in [0.1, 0.15) is 17.5 Å². The number of benzene rings is 1. The Hall–Kier alpha value is -2.24. The van der Waals surface area contributed by atoms with Crippen molar-refractivity contribution < 1.29 is 9.18 Å². The summed E-state index contributed by atoms with van der Waals surface area (Å²) in [5, 5.41) is 11.8. The summed E-state index contributed by atoms with van der Waals surface area (Å²) in [7, 11) is 0. The molecule has 1 fully saturated rings. The Balaban J connectivity index is 1.42. The molecule has 4 rings (SSSR count). The van der Waals surface area contributed by atoms with Crippen LogP contribution in [0, 0.1) is 5.82 Å². The Labute approximate surface area is 159 Å². The monoisotopic (exact) mass is 370 g/mol. The lowest BCUT2D eigenvalue weighted by molar-refractivity contribution is -0.126. The molecule has 1 amide bonds. The first kappa shape index (κ1) is 18.1. The van der Waals surface area contributed by atoms with Gasteiger partial charge in [-0.25, -0.2) is 4.39 Å². The minimum Gasteiger partial charge on any atom is -0.355 e. The van der Waals surface area contributed by atoms with Crippen molar-refractivity contribution in [2.45, 2.75) is 69.7 Å². The minimum atomic E-state index is -0.518. The van der Waals surface area contributed by atoms with Gasteiger partial charge in [0.05, 0.1) is 5.41 Å². The summed E-state index contributed by atoms with van der Waals surface area (Å²) in [6.07, 6.45) is 8.97. The zero-order chi connectivity index (χ0) is 18.7. The van der Waals surface area contributed by atoms with E-state index >= 15 is 0 Å². The van der Waals surface area contributed by atoms with Crippen molar-refractivity contribution in [3.05, 3.63) is 47.3 Å². The second-order valence-electron chi connectivity index (χ2n) is 7.80. The van der Waals surface area contributed by atoms with Crippen LogP contribution in [0.5, 0.6) is 0 Å². The molecule has 27 heavy (non-hydrogen) atoms. The van der Waals surface area contributed by atoms with Gasteiger partial charge < -0.3 is 9.88 Å². The summed E-state index contributed by atoms with van der Waals surface area (Å²) in [6, 6.07) is 6.43. The van der Waals surface area contributed by atoms with Crippen LogP contribution in [0.15, 0.2) is 24.3 Å². The fourth-order valence-corrected chi connectivity index (χ4v) is 4.58. The molecule has 0 unspecified atom stereocenters. The maximum atomic E-state index is 13.3. The number of carbonyl (C=O) groups is 1. The van der Waals surface area contributed by atoms with Crippen LogP contribution in [0.1, 0.15) is 62.2 Å². The first-order valence-corrected chi connectivity index (χ1v) is 10.1. The average Bonchev–Trinajstić information content (AvgIpc) is 3.25. The summed E-state index contributed by atoms with van der Waals surface area (Å²) in [6.45, 7) is 1.53. The molecule has 6 heteroatoms. The molecule has 0 radical (unpaired) electrons. The highest BCUT2D eigenvalue weighted by molar-refractivity contribution is 5.88. The predicted molar refractivity (Wildman–Crippen MR) is 101 cm³/mol. The molecule has 0 saturated heterocycles. The van der Waals surface area contributed by atoms with Crippen LogP contribution in [0.4, 0.5) is 4.39 Å². The molecule has 0 bridgehead atoms. The van der Waals surface area contributed by atoms with Crippen molar-refractivity contribution in [3.63, 3.8) is 0 Å². The lowest BCUT2D eigenvalue weighted by atomic mass is 9.78. The maximum Gasteiger partial charge on any atom is 0.230 e. The van der Waals surface area contributed by atoms with E-state index in [1.807, 2.05) is 0 Å². The van der Waals surface area contributed by atoms with E-state index in [4.69, 9.17) is 0 Å². The summed E-state index contributed by atoms with van der Waals surface area (Å²) in [5.74, 6) is 1.84. The highest BCUT2D eigenvalue weighted by atomic mass is 19.1. The highest BCUT2D eigenvalue weighted by Crippen LogP contribution is 2.41. The molecule has 1 aromatic heterocycles. The second-order valence-corrected chi connectivity index (χ2v) is 7.80. The van der Waals surface area contributed by atoms with Crippen molar-refractivity contribution >= 4 is 5.91 Å². The predicted octanol–water partition coefficient (Wildman–Crippen LogP) is 3.31. The van der Waals surface area contributed by atoms with Crippen LogP contribution >= 0.6 is 0 Å². The molecule has 2 aromatic rings. The molecule has 1 saturated carbocycles. The normalized spacial score (nSPS) is 18.7. The van der Waals surface area contributed by atoms with E-state index in [-0.39, 0.29) is 11.7 Å². The molecule has 1 N–H and O–H groups in total. The van der Waals surface area contributed by atoms with Crippen LogP contribution in [0.2, 0.25) is 0 Å². The Morgan fingerprint density at radius 3 is 2.63 bits per heavy atom. The van der Waals surface area contributed by atoms with Crippen LogP contribution in [0.25, 0.3) is 0 Å². The Morgan fingerprint density at radius 2 is 1.85 bits per heavy atom. The Bertz CT molecular complexity index is 793. The Morgan fingerprint density at radius 1 is 1.07 bits per heavy atom. The largest absolute Gasteiger partial charge is 0.355 e. The number of nitrogens with one attached hydrogen (secondary N) is 1. The molecular weight excluding hydrogens is 343 g/mol. The third-order valence-corrected chi connectivity index (χ3v) is 6.11. The molecule has 2 aliphatic rings. The lowest BCUT2D eigenvalue weighted by Gasteiger charge is -2.28. The minimum absolute atomic E-state index is 0.0576. The third kappa shape index (κ3) is 3.62. The number of carbonyl (C=O) groups excluding carboxylic acids is 1. The van der Waals surface area contributed by atoms with Gasteiger partial charge in [0.2, 0.25) is 5.91 Å². The number of nitrogens with zero attached hydrogens (tertiary/aromatic N) is 3. The van der Waals surface area contributed by atoms with Gasteiger partial charge in [0.15, 0.2) is 0 Å². The van der Waals surface area contributed by atoms with Crippen molar-refractivity contribution in [2.24, 2.45) is 0 Å². The van der Waals surface area contributed by atoms with Crippen molar-refractivity contribution in [2.75, 3.05) is 6.54 Å². The Kier molecular flexibility index (Phi) is 5.23. The molecule has 1 aliphatic heterocycles. The number of fused-ring (bicyclic) bond motifs is 1. The van der Waals surface area contributed by atoms with E-state index in [1.54, 1.807) is 12.1 Å². The summed E-state index contributed by atoms with van der Waals surface area (Å²) >= 11 is 0. The number of hydrogen-bond donors (Lipinski definition) is 1. The standard InChI is InChI=1S/C21H27FN4O/c22-17-9-7-16(8-10-17)21(12-3-4-13-21)20(27)23-14-11-19-25-24-18-6-2-1-5-15-26(18)19/h7-10H,1-6,11-15H2,(H,23,27). The van der Waals surface area contributed by atoms with Crippen molar-refractivity contribution in [1.29, 1.82) is 0 Å². The molecule has 1 aliphatic carbocycles. The number of hydrogen-bond acceptors (Lipinski definition) is 3. The van der Waals surface area contributed by atoms with Gasteiger partial charge in [0, 0.05) is 25.9 Å². The quantitative estimate of drug-likeness (QED) is 0.878. The van der Waals surface area contributed by atoms with Gasteiger partial charge in [-0.15, -0.1) is 10.2 Å². The maximum absolute atomic E-state index is 13.3. The summed E-state index contributed by atoms with van der Waals surface area (Å²) in [4.78, 5) is 13.1. The van der Waals surface area contributed by atoms with Gasteiger partial charge in [-0.1, -0.05) is 31.4 Å². The molecule has 144 valence electrons. The van der Waals surface area contributed by atoms with E-state index in [1.165, 1.54) is 25.0 Å². The van der Waals surface area contributed by atoms with Gasteiger partial charge in [-0.2, -0.15) is 0 Å². The SMILES string of the molecule is O=C(NCCc1nnc2n1CCCCC2)C1(c2ccc(F)cc2)CCCC1. The molecule has 1 aromatic carbocycles. The number of halogens is 1. The highest BCUT2D eigenvalue weighted by Gasteiger charge is 2.42. The summed E-state index contributed by atoms with van der Waals surface area (Å²) in [5.41, 5.74) is 0.408. The molecule has 5 nitrogen and oxygen atoms in total. The number of aryl methyl sites for hydroxylation is 1. The topological polar surface area (TPSA) is 59.8 Å². The summed E-state index contributed by atoms with van der Waals surface area (Å²) < 4.78 is 15.5. The van der Waals surface area contributed by atoms with Crippen LogP contribution in [-0.2, 0) is 29.6 Å². The molecular formula is C21H27FN4O. The second kappa shape index (κ2) is 7.79. The van der Waals surface area contributed by atoms with Gasteiger partial charge in [-0.05, 0) is 43.4 Å². The van der Waals surface area contributed by atoms with Crippen LogP contribution in [0.3, 0.4) is 0 Å². The molecule has 0 spiro atoms. The van der Waals surface area contributed by atoms with E-state index < -0.39 is 5.41 Å². The fraction of sp³-hybridized carbons (Fsp3) is 0.571. The van der Waals surface area contributed by atoms with E-state index in [2.05, 4.69) is 20.1 Å². The zero-order valence-corrected chi connectivity index (χ0v) is 15.7. The number of amides is 1.